The molecule has 0 unspecified atom stereocenters. The van der Waals surface area contributed by atoms with E-state index >= 15 is 0 Å². The molecule has 2 heterocycles. The van der Waals surface area contributed by atoms with Gasteiger partial charge < -0.3 is 10.0 Å². The summed E-state index contributed by atoms with van der Waals surface area (Å²) in [6, 6.07) is 0.300. The van der Waals surface area contributed by atoms with Crippen molar-refractivity contribution in [3.63, 3.8) is 0 Å². The first kappa shape index (κ1) is 14.0. The van der Waals surface area contributed by atoms with E-state index < -0.39 is 29.2 Å². The summed E-state index contributed by atoms with van der Waals surface area (Å²) in [6.07, 6.45) is 3.15. The van der Waals surface area contributed by atoms with Crippen LogP contribution in [0.15, 0.2) is 21.9 Å². The van der Waals surface area contributed by atoms with Gasteiger partial charge in [-0.05, 0) is 19.3 Å². The van der Waals surface area contributed by atoms with Crippen LogP contribution in [0.5, 0.6) is 0 Å². The van der Waals surface area contributed by atoms with E-state index in [2.05, 4.69) is 0 Å². The summed E-state index contributed by atoms with van der Waals surface area (Å²) < 4.78 is 1.05. The first-order valence-corrected chi connectivity index (χ1v) is 6.31. The summed E-state index contributed by atoms with van der Waals surface area (Å²) >= 11 is 0. The lowest BCUT2D eigenvalue weighted by atomic mass is 10.0. The maximum atomic E-state index is 12.1. The van der Waals surface area contributed by atoms with Gasteiger partial charge in [-0.1, -0.05) is 0 Å². The number of aromatic amines is 1. The van der Waals surface area contributed by atoms with Crippen molar-refractivity contribution in [2.45, 2.75) is 31.8 Å². The van der Waals surface area contributed by atoms with Crippen molar-refractivity contribution in [3.05, 3.63) is 33.1 Å². The number of H-pyrrole nitrogens is 1. The van der Waals surface area contributed by atoms with Crippen molar-refractivity contribution in [1.29, 1.82) is 0 Å². The van der Waals surface area contributed by atoms with Crippen molar-refractivity contribution in [2.24, 2.45) is 0 Å². The average Bonchev–Trinajstić information content (AvgIpc) is 2.41. The topological polar surface area (TPSA) is 112 Å². The number of likely N-dealkylation sites (tertiary alicyclic amines) is 1. The Morgan fingerprint density at radius 3 is 2.75 bits per heavy atom. The number of carboxylic acids is 1. The number of carbonyl (C=O) groups excluding carboxylic acids is 1. The molecule has 0 aromatic carbocycles. The van der Waals surface area contributed by atoms with Gasteiger partial charge in [0.05, 0.1) is 0 Å². The normalized spacial score (nSPS) is 18.8. The number of carbonyl (C=O) groups is 2. The smallest absolute Gasteiger partial charge is 0.328 e. The molecule has 0 radical (unpaired) electrons. The van der Waals surface area contributed by atoms with Crippen LogP contribution in [-0.2, 0) is 16.1 Å². The van der Waals surface area contributed by atoms with Crippen LogP contribution < -0.4 is 11.2 Å². The summed E-state index contributed by atoms with van der Waals surface area (Å²) in [5.41, 5.74) is -1.23. The predicted molar refractivity (Wildman–Crippen MR) is 68.3 cm³/mol. The van der Waals surface area contributed by atoms with Gasteiger partial charge in [-0.2, -0.15) is 0 Å². The molecule has 8 nitrogen and oxygen atoms in total. The molecule has 0 bridgehead atoms. The lowest BCUT2D eigenvalue weighted by Crippen LogP contribution is -2.49. The molecule has 0 spiro atoms. The van der Waals surface area contributed by atoms with E-state index in [4.69, 9.17) is 5.11 Å². The molecular weight excluding hydrogens is 266 g/mol. The quantitative estimate of drug-likeness (QED) is 0.738. The van der Waals surface area contributed by atoms with Crippen LogP contribution in [0.3, 0.4) is 0 Å². The summed E-state index contributed by atoms with van der Waals surface area (Å²) in [5, 5.41) is 9.10. The lowest BCUT2D eigenvalue weighted by Gasteiger charge is -2.33. The van der Waals surface area contributed by atoms with Gasteiger partial charge in [-0.15, -0.1) is 0 Å². The highest BCUT2D eigenvalue weighted by molar-refractivity contribution is 5.83. The number of aliphatic carboxylic acids is 1. The third-order valence-electron chi connectivity index (χ3n) is 3.31. The van der Waals surface area contributed by atoms with E-state index in [1.54, 1.807) is 0 Å². The highest BCUT2D eigenvalue weighted by Crippen LogP contribution is 2.17. The number of aromatic nitrogens is 2. The Balaban J connectivity index is 2.16. The molecule has 2 N–H and O–H groups in total. The summed E-state index contributed by atoms with van der Waals surface area (Å²) in [5.74, 6) is -1.47. The van der Waals surface area contributed by atoms with Crippen molar-refractivity contribution in [1.82, 2.24) is 14.5 Å². The number of piperidine rings is 1. The van der Waals surface area contributed by atoms with Gasteiger partial charge >= 0.3 is 11.7 Å². The molecular formula is C12H15N3O5. The zero-order valence-corrected chi connectivity index (χ0v) is 10.7. The number of amides is 1. The van der Waals surface area contributed by atoms with Crippen molar-refractivity contribution in [2.75, 3.05) is 6.54 Å². The standard InChI is InChI=1S/C12H15N3O5/c16-9-4-6-14(12(20)13-9)7-10(17)15-5-2-1-3-8(15)11(18)19/h4,6,8H,1-3,5,7H2,(H,18,19)(H,13,16,20)/t8-/m0/s1. The van der Waals surface area contributed by atoms with E-state index in [1.807, 2.05) is 4.98 Å². The third kappa shape index (κ3) is 2.95. The van der Waals surface area contributed by atoms with Crippen molar-refractivity contribution >= 4 is 11.9 Å². The molecule has 20 heavy (non-hydrogen) atoms. The zero-order chi connectivity index (χ0) is 14.7. The van der Waals surface area contributed by atoms with Crippen molar-refractivity contribution in [3.8, 4) is 0 Å². The summed E-state index contributed by atoms with van der Waals surface area (Å²) in [7, 11) is 0. The minimum absolute atomic E-state index is 0.278. The highest BCUT2D eigenvalue weighted by Gasteiger charge is 2.31. The van der Waals surface area contributed by atoms with Crippen LogP contribution in [0, 0.1) is 0 Å². The molecule has 1 atom stereocenters. The second kappa shape index (κ2) is 5.72. The van der Waals surface area contributed by atoms with Crippen LogP contribution in [0.4, 0.5) is 0 Å². The number of hydrogen-bond acceptors (Lipinski definition) is 4. The number of rotatable bonds is 3. The Labute approximate surface area is 113 Å². The second-order valence-electron chi connectivity index (χ2n) is 4.67. The molecule has 1 fully saturated rings. The number of carboxylic acid groups (broad SMARTS) is 1. The zero-order valence-electron chi connectivity index (χ0n) is 10.7. The van der Waals surface area contributed by atoms with Crippen LogP contribution in [-0.4, -0.2) is 44.0 Å². The van der Waals surface area contributed by atoms with E-state index in [0.717, 1.165) is 23.5 Å². The van der Waals surface area contributed by atoms with Gasteiger partial charge in [0.2, 0.25) is 5.91 Å². The van der Waals surface area contributed by atoms with E-state index in [-0.39, 0.29) is 6.54 Å². The molecule has 1 aromatic rings. The first-order chi connectivity index (χ1) is 9.49. The number of hydrogen-bond donors (Lipinski definition) is 2. The molecule has 8 heteroatoms. The molecule has 2 rings (SSSR count). The van der Waals surface area contributed by atoms with Gasteiger partial charge in [-0.3, -0.25) is 19.1 Å². The van der Waals surface area contributed by atoms with Gasteiger partial charge in [0.15, 0.2) is 0 Å². The fraction of sp³-hybridized carbons (Fsp3) is 0.500. The Morgan fingerprint density at radius 2 is 2.10 bits per heavy atom. The molecule has 1 saturated heterocycles. The van der Waals surface area contributed by atoms with E-state index in [9.17, 15) is 19.2 Å². The fourth-order valence-electron chi connectivity index (χ4n) is 2.29. The maximum Gasteiger partial charge on any atom is 0.328 e. The molecule has 1 aliphatic heterocycles. The second-order valence-corrected chi connectivity index (χ2v) is 4.67. The fourth-order valence-corrected chi connectivity index (χ4v) is 2.29. The average molecular weight is 281 g/mol. The third-order valence-corrected chi connectivity index (χ3v) is 3.31. The number of nitrogens with one attached hydrogen (secondary N) is 1. The predicted octanol–water partition coefficient (Wildman–Crippen LogP) is -0.998. The Kier molecular flexibility index (Phi) is 4.02. The van der Waals surface area contributed by atoms with Crippen molar-refractivity contribution < 1.29 is 14.7 Å². The minimum atomic E-state index is -1.04. The first-order valence-electron chi connectivity index (χ1n) is 6.31. The van der Waals surface area contributed by atoms with Gasteiger partial charge in [0, 0.05) is 18.8 Å². The lowest BCUT2D eigenvalue weighted by molar-refractivity contribution is -0.152. The largest absolute Gasteiger partial charge is 0.480 e. The molecule has 1 aromatic heterocycles. The molecule has 108 valence electrons. The van der Waals surface area contributed by atoms with Crippen LogP contribution in [0.25, 0.3) is 0 Å². The SMILES string of the molecule is O=C(O)[C@@H]1CCCCN1C(=O)Cn1ccc(=O)[nH]c1=O. The Hall–Kier alpha value is -2.38. The van der Waals surface area contributed by atoms with Crippen LogP contribution in [0.1, 0.15) is 19.3 Å². The summed E-state index contributed by atoms with van der Waals surface area (Å²) in [4.78, 5) is 49.0. The van der Waals surface area contributed by atoms with Gasteiger partial charge in [-0.25, -0.2) is 9.59 Å². The van der Waals surface area contributed by atoms with Crippen LogP contribution in [0.2, 0.25) is 0 Å². The molecule has 0 saturated carbocycles. The van der Waals surface area contributed by atoms with E-state index in [1.165, 1.54) is 11.1 Å². The summed E-state index contributed by atoms with van der Waals surface area (Å²) in [6.45, 7) is 0.0906. The Morgan fingerprint density at radius 1 is 1.35 bits per heavy atom. The molecule has 1 aliphatic rings. The minimum Gasteiger partial charge on any atom is -0.480 e. The Bertz CT molecular complexity index is 632. The van der Waals surface area contributed by atoms with E-state index in [0.29, 0.717) is 13.0 Å². The van der Waals surface area contributed by atoms with Gasteiger partial charge in [0.25, 0.3) is 5.56 Å². The molecule has 1 amide bonds. The van der Waals surface area contributed by atoms with Gasteiger partial charge in [0.1, 0.15) is 12.6 Å². The monoisotopic (exact) mass is 281 g/mol. The van der Waals surface area contributed by atoms with Crippen LogP contribution >= 0.6 is 0 Å². The molecule has 0 aliphatic carbocycles. The number of nitrogens with zero attached hydrogens (tertiary/aromatic N) is 2. The maximum absolute atomic E-state index is 12.1. The highest BCUT2D eigenvalue weighted by atomic mass is 16.4.